The van der Waals surface area contributed by atoms with Crippen LogP contribution in [0.25, 0.3) is 6.08 Å². The number of carbonyl (C=O) groups excluding carboxylic acids is 3. The number of hydrogen-bond acceptors (Lipinski definition) is 11. The van der Waals surface area contributed by atoms with Gasteiger partial charge in [-0.2, -0.15) is 0 Å². The number of cyclic esters (lactones) is 1. The Morgan fingerprint density at radius 2 is 1.80 bits per heavy atom. The molecule has 1 aromatic rings. The number of alkyl carbamates (subject to hydrolysis) is 1. The first-order valence-corrected chi connectivity index (χ1v) is 18.1. The molecule has 1 aromatic heterocycles. The summed E-state index contributed by atoms with van der Waals surface area (Å²) in [6.45, 7) is 6.83. The summed E-state index contributed by atoms with van der Waals surface area (Å²) < 4.78 is 40.8. The number of rotatable bonds is 12. The second kappa shape index (κ2) is 20.4. The molecule has 3 unspecified atom stereocenters. The molecule has 50 heavy (non-hydrogen) atoms. The normalized spacial score (nSPS) is 29.6. The molecule has 4 heterocycles. The number of ether oxygens (including phenoxy) is 6. The highest BCUT2D eigenvalue weighted by molar-refractivity contribution is 5.82. The number of oxazole rings is 1. The second-order valence-electron chi connectivity index (χ2n) is 14.0. The van der Waals surface area contributed by atoms with E-state index >= 15 is 0 Å². The largest absolute Gasteiger partial charge is 0.459 e. The molecule has 3 aliphatic rings. The summed E-state index contributed by atoms with van der Waals surface area (Å²) in [4.78, 5) is 41.7. The molecular weight excluding hydrogens is 644 g/mol. The minimum atomic E-state index is -0.517. The van der Waals surface area contributed by atoms with Crippen LogP contribution in [0.4, 0.5) is 4.79 Å². The average molecular weight is 701 g/mol. The maximum absolute atomic E-state index is 13.3. The Balaban J connectivity index is 1.34. The monoisotopic (exact) mass is 700 g/mol. The van der Waals surface area contributed by atoms with E-state index in [0.29, 0.717) is 56.3 Å². The van der Waals surface area contributed by atoms with Gasteiger partial charge in [-0.15, -0.1) is 0 Å². The van der Waals surface area contributed by atoms with E-state index in [9.17, 15) is 14.4 Å². The Kier molecular flexibility index (Phi) is 16.0. The standard InChI is InChI=1S/C38H56N2O10/c1-25(2)10-8-12-28-18-29-16-15-26(3)34(48-29)22-30(44-4)19-31-20-32(21-33(47-31)23-37(42)49-28)50-36(41)14-7-6-11-27-24-46-35(40-27)13-9-17-39-38(43)45-5/h7-9,12-14,24-26,28-34H,6,10-11,15-23H2,1-5H3,(H,39,43)/b12-8+,13-9-,14-7-/t26?,28-,29+,30+,31?,32-,33+,34?/m1/s1. The zero-order chi connectivity index (χ0) is 35.9. The average Bonchev–Trinajstić information content (AvgIpc) is 3.52. The quantitative estimate of drug-likeness (QED) is 0.114. The van der Waals surface area contributed by atoms with E-state index in [1.165, 1.54) is 13.2 Å². The lowest BCUT2D eigenvalue weighted by molar-refractivity contribution is -0.171. The fraction of sp³-hybridized carbons (Fsp3) is 0.684. The summed E-state index contributed by atoms with van der Waals surface area (Å²) in [7, 11) is 3.02. The van der Waals surface area contributed by atoms with E-state index < -0.39 is 24.3 Å². The molecular formula is C38H56N2O10. The van der Waals surface area contributed by atoms with Gasteiger partial charge in [0, 0.05) is 45.4 Å². The van der Waals surface area contributed by atoms with Gasteiger partial charge in [-0.1, -0.05) is 39.0 Å². The van der Waals surface area contributed by atoms with Gasteiger partial charge in [0.15, 0.2) is 0 Å². The topological polar surface area (TPSA) is 145 Å². The van der Waals surface area contributed by atoms with Gasteiger partial charge >= 0.3 is 18.0 Å². The summed E-state index contributed by atoms with van der Waals surface area (Å²) in [5.74, 6) is 0.537. The third-order valence-electron chi connectivity index (χ3n) is 9.35. The number of methoxy groups -OCH3 is 2. The Labute approximate surface area is 296 Å². The molecule has 0 aromatic carbocycles. The number of aromatic nitrogens is 1. The molecule has 1 amide bonds. The molecule has 0 aliphatic carbocycles. The van der Waals surface area contributed by atoms with Crippen molar-refractivity contribution in [3.63, 3.8) is 0 Å². The molecule has 4 rings (SSSR count). The minimum absolute atomic E-state index is 0.0180. The first-order chi connectivity index (χ1) is 24.1. The SMILES string of the molecule is COC(=O)NC/C=C\c1nc(CC/C=C\C(=O)O[C@@H]2CC3C[C@H](OC)CC4O[C@@H](CCC4C)C[C@@H](/C=C/CC(C)C)OC(=O)C[C@H](C2)O3)co1. The first-order valence-electron chi connectivity index (χ1n) is 18.1. The van der Waals surface area contributed by atoms with Crippen LogP contribution in [0.3, 0.4) is 0 Å². The van der Waals surface area contributed by atoms with Crippen LogP contribution in [0.15, 0.2) is 41.1 Å². The van der Waals surface area contributed by atoms with Gasteiger partial charge in [-0.3, -0.25) is 4.79 Å². The van der Waals surface area contributed by atoms with Gasteiger partial charge < -0.3 is 38.2 Å². The molecule has 3 aliphatic heterocycles. The summed E-state index contributed by atoms with van der Waals surface area (Å²) in [5.41, 5.74) is 0.735. The van der Waals surface area contributed by atoms with Crippen LogP contribution in [0.1, 0.15) is 96.6 Å². The van der Waals surface area contributed by atoms with Gasteiger partial charge in [0.1, 0.15) is 18.5 Å². The number of fused-ring (bicyclic) bond motifs is 4. The van der Waals surface area contributed by atoms with Crippen molar-refractivity contribution in [3.8, 4) is 0 Å². The van der Waals surface area contributed by atoms with Crippen LogP contribution in [0.5, 0.6) is 0 Å². The van der Waals surface area contributed by atoms with Gasteiger partial charge in [0.25, 0.3) is 0 Å². The zero-order valence-corrected chi connectivity index (χ0v) is 30.3. The Morgan fingerprint density at radius 1 is 1.00 bits per heavy atom. The molecule has 4 bridgehead atoms. The molecule has 0 radical (unpaired) electrons. The molecule has 1 N–H and O–H groups in total. The van der Waals surface area contributed by atoms with Crippen molar-refractivity contribution >= 4 is 24.1 Å². The zero-order valence-electron chi connectivity index (χ0n) is 30.3. The fourth-order valence-corrected chi connectivity index (χ4v) is 6.66. The van der Waals surface area contributed by atoms with Gasteiger partial charge in [-0.05, 0) is 62.5 Å². The first kappa shape index (κ1) is 39.3. The highest BCUT2D eigenvalue weighted by Crippen LogP contribution is 2.34. The smallest absolute Gasteiger partial charge is 0.407 e. The molecule has 8 atom stereocenters. The van der Waals surface area contributed by atoms with Crippen molar-refractivity contribution < 1.29 is 47.2 Å². The number of hydrogen-bond donors (Lipinski definition) is 1. The summed E-state index contributed by atoms with van der Waals surface area (Å²) in [5, 5.41) is 2.54. The van der Waals surface area contributed by atoms with Crippen LogP contribution < -0.4 is 5.32 Å². The number of allylic oxidation sites excluding steroid dienone is 2. The van der Waals surface area contributed by atoms with E-state index in [2.05, 4.69) is 41.9 Å². The van der Waals surface area contributed by atoms with Gasteiger partial charge in [-0.25, -0.2) is 14.6 Å². The van der Waals surface area contributed by atoms with Crippen LogP contribution in [0.2, 0.25) is 0 Å². The summed E-state index contributed by atoms with van der Waals surface area (Å²) in [6, 6.07) is 0. The highest BCUT2D eigenvalue weighted by Gasteiger charge is 2.38. The highest BCUT2D eigenvalue weighted by atomic mass is 16.6. The van der Waals surface area contributed by atoms with Crippen molar-refractivity contribution in [1.29, 1.82) is 0 Å². The second-order valence-corrected chi connectivity index (χ2v) is 14.0. The fourth-order valence-electron chi connectivity index (χ4n) is 6.66. The lowest BCUT2D eigenvalue weighted by Gasteiger charge is -2.40. The van der Waals surface area contributed by atoms with Crippen LogP contribution >= 0.6 is 0 Å². The van der Waals surface area contributed by atoms with Gasteiger partial charge in [0.2, 0.25) is 5.89 Å². The van der Waals surface area contributed by atoms with Gasteiger partial charge in [0.05, 0.1) is 49.7 Å². The van der Waals surface area contributed by atoms with Crippen molar-refractivity contribution in [1.82, 2.24) is 10.3 Å². The van der Waals surface area contributed by atoms with Crippen LogP contribution in [0, 0.1) is 11.8 Å². The molecule has 0 saturated carbocycles. The number of aryl methyl sites for hydroxylation is 1. The van der Waals surface area contributed by atoms with Crippen molar-refractivity contribution in [2.45, 2.75) is 134 Å². The lowest BCUT2D eigenvalue weighted by Crippen LogP contribution is -2.43. The van der Waals surface area contributed by atoms with E-state index in [1.54, 1.807) is 31.6 Å². The maximum atomic E-state index is 13.3. The predicted molar refractivity (Wildman–Crippen MR) is 186 cm³/mol. The Bertz CT molecular complexity index is 1310. The number of carbonyl (C=O) groups is 3. The van der Waals surface area contributed by atoms with Crippen molar-refractivity contribution in [2.24, 2.45) is 11.8 Å². The number of nitrogens with one attached hydrogen (secondary N) is 1. The van der Waals surface area contributed by atoms with E-state index in [-0.39, 0.29) is 49.5 Å². The summed E-state index contributed by atoms with van der Waals surface area (Å²) >= 11 is 0. The molecule has 12 nitrogen and oxygen atoms in total. The number of amides is 1. The molecule has 278 valence electrons. The number of nitrogens with zero attached hydrogens (tertiary/aromatic N) is 1. The summed E-state index contributed by atoms with van der Waals surface area (Å²) in [6.07, 6.45) is 17.2. The molecule has 3 fully saturated rings. The maximum Gasteiger partial charge on any atom is 0.407 e. The predicted octanol–water partition coefficient (Wildman–Crippen LogP) is 6.28. The third kappa shape index (κ3) is 13.7. The third-order valence-corrected chi connectivity index (χ3v) is 9.35. The van der Waals surface area contributed by atoms with E-state index in [0.717, 1.165) is 31.4 Å². The lowest BCUT2D eigenvalue weighted by atomic mass is 9.86. The Hall–Kier alpha value is -3.48. The van der Waals surface area contributed by atoms with E-state index in [4.69, 9.17) is 28.1 Å². The minimum Gasteiger partial charge on any atom is -0.459 e. The molecule has 3 saturated heterocycles. The molecule has 12 heteroatoms. The Morgan fingerprint density at radius 3 is 2.58 bits per heavy atom. The van der Waals surface area contributed by atoms with Crippen LogP contribution in [-0.2, 0) is 44.4 Å². The molecule has 0 spiro atoms. The van der Waals surface area contributed by atoms with Crippen LogP contribution in [-0.4, -0.2) is 86.5 Å². The van der Waals surface area contributed by atoms with E-state index in [1.807, 2.05) is 6.08 Å². The number of esters is 2. The van der Waals surface area contributed by atoms with Crippen molar-refractivity contribution in [2.75, 3.05) is 20.8 Å². The van der Waals surface area contributed by atoms with Crippen molar-refractivity contribution in [3.05, 3.63) is 48.2 Å².